The van der Waals surface area contributed by atoms with E-state index in [-0.39, 0.29) is 11.7 Å². The van der Waals surface area contributed by atoms with Crippen LogP contribution in [-0.2, 0) is 0 Å². The summed E-state index contributed by atoms with van der Waals surface area (Å²) in [6, 6.07) is 3.84. The fraction of sp³-hybridized carbons (Fsp3) is 0.333. The van der Waals surface area contributed by atoms with Crippen LogP contribution in [0.1, 0.15) is 24.0 Å². The van der Waals surface area contributed by atoms with Crippen molar-refractivity contribution in [1.29, 1.82) is 0 Å². The molecule has 0 radical (unpaired) electrons. The molecule has 1 aromatic rings. The van der Waals surface area contributed by atoms with Crippen LogP contribution in [0.15, 0.2) is 24.8 Å². The summed E-state index contributed by atoms with van der Waals surface area (Å²) in [4.78, 5) is 0. The van der Waals surface area contributed by atoms with Gasteiger partial charge in [-0.3, -0.25) is 0 Å². The zero-order chi connectivity index (χ0) is 10.7. The van der Waals surface area contributed by atoms with Gasteiger partial charge in [-0.15, -0.1) is 6.58 Å². The second-order valence-corrected chi connectivity index (χ2v) is 3.38. The molecule has 1 aromatic carbocycles. The van der Waals surface area contributed by atoms with Gasteiger partial charge in [0.1, 0.15) is 0 Å². The quantitative estimate of drug-likeness (QED) is 0.746. The Morgan fingerprint density at radius 3 is 2.64 bits per heavy atom. The van der Waals surface area contributed by atoms with Gasteiger partial charge in [0, 0.05) is 11.5 Å². The molecule has 0 spiro atoms. The molecule has 0 saturated heterocycles. The Labute approximate surface area is 84.8 Å². The molecule has 14 heavy (non-hydrogen) atoms. The Morgan fingerprint density at radius 1 is 1.50 bits per heavy atom. The van der Waals surface area contributed by atoms with Crippen LogP contribution in [0.3, 0.4) is 0 Å². The van der Waals surface area contributed by atoms with Crippen molar-refractivity contribution in [3.05, 3.63) is 35.9 Å². The first-order valence-electron chi connectivity index (χ1n) is 4.60. The molecule has 0 aliphatic carbocycles. The molecule has 2 nitrogen and oxygen atoms in total. The van der Waals surface area contributed by atoms with Gasteiger partial charge < -0.3 is 9.84 Å². The molecule has 0 fully saturated rings. The predicted octanol–water partition coefficient (Wildman–Crippen LogP) is 3.00. The standard InChI is InChI=1S/C12H16O2/c1-5-8(2)10-7-6-9(3)12(14-4)11(10)13/h5-8,13H,1H2,2-4H3. The van der Waals surface area contributed by atoms with Gasteiger partial charge in [0.25, 0.3) is 0 Å². The summed E-state index contributed by atoms with van der Waals surface area (Å²) in [6.45, 7) is 7.59. The number of hydrogen-bond acceptors (Lipinski definition) is 2. The summed E-state index contributed by atoms with van der Waals surface area (Å²) >= 11 is 0. The Kier molecular flexibility index (Phi) is 3.18. The Hall–Kier alpha value is -1.44. The molecule has 1 N–H and O–H groups in total. The van der Waals surface area contributed by atoms with Gasteiger partial charge in [-0.1, -0.05) is 25.1 Å². The van der Waals surface area contributed by atoms with Gasteiger partial charge >= 0.3 is 0 Å². The van der Waals surface area contributed by atoms with Crippen LogP contribution < -0.4 is 4.74 Å². The second kappa shape index (κ2) is 4.18. The van der Waals surface area contributed by atoms with Gasteiger partial charge in [0.15, 0.2) is 11.5 Å². The molecule has 76 valence electrons. The highest BCUT2D eigenvalue weighted by atomic mass is 16.5. The number of phenols is 1. The highest BCUT2D eigenvalue weighted by Gasteiger charge is 2.13. The molecular formula is C12H16O2. The number of aromatic hydroxyl groups is 1. The Morgan fingerprint density at radius 2 is 2.14 bits per heavy atom. The van der Waals surface area contributed by atoms with Crippen LogP contribution in [0.5, 0.6) is 11.5 Å². The van der Waals surface area contributed by atoms with Crippen LogP contribution in [0.2, 0.25) is 0 Å². The van der Waals surface area contributed by atoms with E-state index in [4.69, 9.17) is 4.74 Å². The number of ether oxygens (including phenoxy) is 1. The summed E-state index contributed by atoms with van der Waals surface area (Å²) in [6.07, 6.45) is 1.80. The zero-order valence-electron chi connectivity index (χ0n) is 8.87. The molecule has 1 rings (SSSR count). The summed E-state index contributed by atoms with van der Waals surface area (Å²) in [5, 5.41) is 9.90. The zero-order valence-corrected chi connectivity index (χ0v) is 8.87. The molecule has 0 bridgehead atoms. The number of phenolic OH excluding ortho intramolecular Hbond substituents is 1. The van der Waals surface area contributed by atoms with Crippen LogP contribution in [0.4, 0.5) is 0 Å². The van der Waals surface area contributed by atoms with Gasteiger partial charge in [-0.05, 0) is 12.5 Å². The van der Waals surface area contributed by atoms with E-state index < -0.39 is 0 Å². The number of rotatable bonds is 3. The van der Waals surface area contributed by atoms with Crippen LogP contribution >= 0.6 is 0 Å². The van der Waals surface area contributed by atoms with Gasteiger partial charge in [-0.2, -0.15) is 0 Å². The summed E-state index contributed by atoms with van der Waals surface area (Å²) < 4.78 is 5.13. The fourth-order valence-corrected chi connectivity index (χ4v) is 1.44. The SMILES string of the molecule is C=CC(C)c1ccc(C)c(OC)c1O. The minimum Gasteiger partial charge on any atom is -0.504 e. The number of aryl methyl sites for hydroxylation is 1. The molecule has 0 heterocycles. The minimum atomic E-state index is 0.129. The molecule has 0 aliphatic heterocycles. The lowest BCUT2D eigenvalue weighted by Gasteiger charge is -2.13. The highest BCUT2D eigenvalue weighted by molar-refractivity contribution is 5.52. The van der Waals surface area contributed by atoms with Crippen LogP contribution in [0.25, 0.3) is 0 Å². The van der Waals surface area contributed by atoms with Gasteiger partial charge in [0.2, 0.25) is 0 Å². The Balaban J connectivity index is 3.27. The van der Waals surface area contributed by atoms with Crippen LogP contribution in [-0.4, -0.2) is 12.2 Å². The van der Waals surface area contributed by atoms with Crippen molar-refractivity contribution in [3.63, 3.8) is 0 Å². The average Bonchev–Trinajstić information content (AvgIpc) is 2.18. The largest absolute Gasteiger partial charge is 0.504 e. The third-order valence-electron chi connectivity index (χ3n) is 2.41. The second-order valence-electron chi connectivity index (χ2n) is 3.38. The van der Waals surface area contributed by atoms with E-state index in [0.29, 0.717) is 5.75 Å². The van der Waals surface area contributed by atoms with Crippen molar-refractivity contribution >= 4 is 0 Å². The first kappa shape index (κ1) is 10.6. The third-order valence-corrected chi connectivity index (χ3v) is 2.41. The van der Waals surface area contributed by atoms with E-state index in [2.05, 4.69) is 6.58 Å². The monoisotopic (exact) mass is 192 g/mol. The van der Waals surface area contributed by atoms with Gasteiger partial charge in [-0.25, -0.2) is 0 Å². The maximum absolute atomic E-state index is 9.90. The Bertz CT molecular complexity index is 342. The van der Waals surface area contributed by atoms with E-state index in [9.17, 15) is 5.11 Å². The molecule has 1 atom stereocenters. The summed E-state index contributed by atoms with van der Waals surface area (Å²) in [5.41, 5.74) is 1.78. The molecule has 0 amide bonds. The van der Waals surface area contributed by atoms with Crippen molar-refractivity contribution in [3.8, 4) is 11.5 Å². The van der Waals surface area contributed by atoms with Gasteiger partial charge in [0.05, 0.1) is 7.11 Å². The minimum absolute atomic E-state index is 0.129. The van der Waals surface area contributed by atoms with Crippen molar-refractivity contribution in [2.75, 3.05) is 7.11 Å². The molecule has 2 heteroatoms. The lowest BCUT2D eigenvalue weighted by atomic mass is 9.98. The fourth-order valence-electron chi connectivity index (χ4n) is 1.44. The van der Waals surface area contributed by atoms with E-state index in [1.807, 2.05) is 26.0 Å². The smallest absolute Gasteiger partial charge is 0.163 e. The first-order chi connectivity index (χ1) is 6.61. The van der Waals surface area contributed by atoms with E-state index in [1.54, 1.807) is 13.2 Å². The molecule has 0 saturated carbocycles. The highest BCUT2D eigenvalue weighted by Crippen LogP contribution is 2.37. The van der Waals surface area contributed by atoms with E-state index in [0.717, 1.165) is 11.1 Å². The summed E-state index contributed by atoms with van der Waals surface area (Å²) in [5.74, 6) is 0.903. The number of benzene rings is 1. The van der Waals surface area contributed by atoms with Crippen molar-refractivity contribution < 1.29 is 9.84 Å². The number of allylic oxidation sites excluding steroid dienone is 1. The topological polar surface area (TPSA) is 29.5 Å². The lowest BCUT2D eigenvalue weighted by Crippen LogP contribution is -1.94. The van der Waals surface area contributed by atoms with Crippen molar-refractivity contribution in [2.45, 2.75) is 19.8 Å². The molecular weight excluding hydrogens is 176 g/mol. The first-order valence-corrected chi connectivity index (χ1v) is 4.60. The summed E-state index contributed by atoms with van der Waals surface area (Å²) in [7, 11) is 1.56. The average molecular weight is 192 g/mol. The number of hydrogen-bond donors (Lipinski definition) is 1. The molecule has 0 aromatic heterocycles. The van der Waals surface area contributed by atoms with E-state index >= 15 is 0 Å². The maximum Gasteiger partial charge on any atom is 0.163 e. The third kappa shape index (κ3) is 1.74. The lowest BCUT2D eigenvalue weighted by molar-refractivity contribution is 0.367. The normalized spacial score (nSPS) is 12.2. The number of methoxy groups -OCH3 is 1. The predicted molar refractivity (Wildman–Crippen MR) is 58.0 cm³/mol. The van der Waals surface area contributed by atoms with Crippen molar-refractivity contribution in [2.24, 2.45) is 0 Å². The van der Waals surface area contributed by atoms with Crippen LogP contribution in [0, 0.1) is 6.92 Å². The molecule has 1 unspecified atom stereocenters. The molecule has 0 aliphatic rings. The van der Waals surface area contributed by atoms with Crippen molar-refractivity contribution in [1.82, 2.24) is 0 Å². The maximum atomic E-state index is 9.90. The van der Waals surface area contributed by atoms with E-state index in [1.165, 1.54) is 0 Å².